The molecular formula is C16H25NO. The van der Waals surface area contributed by atoms with Gasteiger partial charge in [-0.3, -0.25) is 9.69 Å². The van der Waals surface area contributed by atoms with Crippen LogP contribution in [-0.4, -0.2) is 30.3 Å². The van der Waals surface area contributed by atoms with E-state index in [4.69, 9.17) is 0 Å². The number of hydrogen-bond acceptors (Lipinski definition) is 2. The molecule has 1 aromatic carbocycles. The molecule has 0 unspecified atom stereocenters. The molecule has 0 aromatic heterocycles. The lowest BCUT2D eigenvalue weighted by molar-refractivity contribution is 0.0915. The van der Waals surface area contributed by atoms with Gasteiger partial charge in [0.2, 0.25) is 0 Å². The minimum atomic E-state index is 0.224. The van der Waals surface area contributed by atoms with Crippen LogP contribution in [0, 0.1) is 13.8 Å². The van der Waals surface area contributed by atoms with Crippen molar-refractivity contribution < 1.29 is 4.79 Å². The highest BCUT2D eigenvalue weighted by Crippen LogP contribution is 2.13. The monoisotopic (exact) mass is 247 g/mol. The standard InChI is InChI=1S/C16H25NO/c1-6-14(7-2)17(5)11-16(18)15-9-8-12(3)10-13(15)4/h8-10,14H,6-7,11H2,1-5H3. The van der Waals surface area contributed by atoms with Crippen LogP contribution in [0.15, 0.2) is 18.2 Å². The van der Waals surface area contributed by atoms with Crippen LogP contribution in [0.3, 0.4) is 0 Å². The topological polar surface area (TPSA) is 20.3 Å². The normalized spacial score (nSPS) is 11.3. The third kappa shape index (κ3) is 3.67. The molecule has 0 radical (unpaired) electrons. The number of aryl methyl sites for hydroxylation is 2. The maximum absolute atomic E-state index is 12.3. The van der Waals surface area contributed by atoms with E-state index in [1.54, 1.807) is 0 Å². The van der Waals surface area contributed by atoms with Gasteiger partial charge in [-0.2, -0.15) is 0 Å². The number of hydrogen-bond donors (Lipinski definition) is 0. The van der Waals surface area contributed by atoms with Crippen molar-refractivity contribution in [3.63, 3.8) is 0 Å². The third-order valence-corrected chi connectivity index (χ3v) is 3.64. The largest absolute Gasteiger partial charge is 0.296 e. The summed E-state index contributed by atoms with van der Waals surface area (Å²) in [6.07, 6.45) is 2.18. The molecule has 100 valence electrons. The summed E-state index contributed by atoms with van der Waals surface area (Å²) in [6.45, 7) is 8.92. The lowest BCUT2D eigenvalue weighted by atomic mass is 10.0. The molecule has 2 nitrogen and oxygen atoms in total. The number of benzene rings is 1. The van der Waals surface area contributed by atoms with Crippen molar-refractivity contribution in [3.05, 3.63) is 34.9 Å². The summed E-state index contributed by atoms with van der Waals surface area (Å²) in [7, 11) is 2.04. The Kier molecular flexibility index (Phi) is 5.54. The minimum Gasteiger partial charge on any atom is -0.296 e. The van der Waals surface area contributed by atoms with E-state index in [1.807, 2.05) is 26.1 Å². The van der Waals surface area contributed by atoms with Crippen molar-refractivity contribution in [3.8, 4) is 0 Å². The molecule has 0 fully saturated rings. The van der Waals surface area contributed by atoms with E-state index in [9.17, 15) is 4.79 Å². The van der Waals surface area contributed by atoms with Crippen LogP contribution in [0.25, 0.3) is 0 Å². The van der Waals surface area contributed by atoms with E-state index in [2.05, 4.69) is 31.7 Å². The Morgan fingerprint density at radius 3 is 2.33 bits per heavy atom. The number of nitrogens with zero attached hydrogens (tertiary/aromatic N) is 1. The molecule has 0 heterocycles. The van der Waals surface area contributed by atoms with Gasteiger partial charge >= 0.3 is 0 Å². The van der Waals surface area contributed by atoms with Gasteiger partial charge in [0.15, 0.2) is 5.78 Å². The maximum Gasteiger partial charge on any atom is 0.177 e. The molecule has 1 rings (SSSR count). The van der Waals surface area contributed by atoms with Gasteiger partial charge < -0.3 is 0 Å². The van der Waals surface area contributed by atoms with Gasteiger partial charge in [0.05, 0.1) is 6.54 Å². The molecule has 18 heavy (non-hydrogen) atoms. The summed E-state index contributed by atoms with van der Waals surface area (Å²) in [4.78, 5) is 14.5. The average molecular weight is 247 g/mol. The SMILES string of the molecule is CCC(CC)N(C)CC(=O)c1ccc(C)cc1C. The summed E-state index contributed by atoms with van der Waals surface area (Å²) in [5, 5.41) is 0. The quantitative estimate of drug-likeness (QED) is 0.716. The summed E-state index contributed by atoms with van der Waals surface area (Å²) >= 11 is 0. The Bertz CT molecular complexity index is 408. The highest BCUT2D eigenvalue weighted by atomic mass is 16.1. The second-order valence-corrected chi connectivity index (χ2v) is 5.13. The number of ketones is 1. The van der Waals surface area contributed by atoms with Crippen LogP contribution in [0.5, 0.6) is 0 Å². The molecule has 0 saturated heterocycles. The van der Waals surface area contributed by atoms with Gasteiger partial charge in [-0.1, -0.05) is 37.6 Å². The van der Waals surface area contributed by atoms with Gasteiger partial charge in [0.1, 0.15) is 0 Å². The first-order valence-corrected chi connectivity index (χ1v) is 6.80. The van der Waals surface area contributed by atoms with Gasteiger partial charge in [-0.15, -0.1) is 0 Å². The molecule has 1 aromatic rings. The molecule has 0 spiro atoms. The van der Waals surface area contributed by atoms with Crippen molar-refractivity contribution in [1.82, 2.24) is 4.90 Å². The number of likely N-dealkylation sites (N-methyl/N-ethyl adjacent to an activating group) is 1. The fourth-order valence-corrected chi connectivity index (χ4v) is 2.48. The first-order chi connectivity index (χ1) is 8.49. The summed E-state index contributed by atoms with van der Waals surface area (Å²) in [5.74, 6) is 0.224. The number of carbonyl (C=O) groups is 1. The molecule has 0 aliphatic rings. The lowest BCUT2D eigenvalue weighted by Crippen LogP contribution is -2.35. The van der Waals surface area contributed by atoms with E-state index < -0.39 is 0 Å². The molecule has 0 aliphatic heterocycles. The molecule has 0 amide bonds. The molecule has 0 bridgehead atoms. The fourth-order valence-electron chi connectivity index (χ4n) is 2.48. The predicted molar refractivity (Wildman–Crippen MR) is 77.2 cm³/mol. The Morgan fingerprint density at radius 1 is 1.22 bits per heavy atom. The molecule has 0 aliphatic carbocycles. The summed E-state index contributed by atoms with van der Waals surface area (Å²) in [5.41, 5.74) is 3.15. The minimum absolute atomic E-state index is 0.224. The summed E-state index contributed by atoms with van der Waals surface area (Å²) in [6, 6.07) is 6.54. The second kappa shape index (κ2) is 6.69. The fraction of sp³-hybridized carbons (Fsp3) is 0.562. The third-order valence-electron chi connectivity index (χ3n) is 3.64. The van der Waals surface area contributed by atoms with Crippen molar-refractivity contribution in [2.24, 2.45) is 0 Å². The summed E-state index contributed by atoms with van der Waals surface area (Å²) < 4.78 is 0. The highest BCUT2D eigenvalue weighted by molar-refractivity contribution is 5.98. The Balaban J connectivity index is 2.76. The Labute approximate surface area is 111 Å². The van der Waals surface area contributed by atoms with Crippen LogP contribution in [0.4, 0.5) is 0 Å². The number of Topliss-reactive ketones (excluding diaryl/α,β-unsaturated/α-hetero) is 1. The van der Waals surface area contributed by atoms with Crippen molar-refractivity contribution in [2.45, 2.75) is 46.6 Å². The molecule has 0 N–H and O–H groups in total. The maximum atomic E-state index is 12.3. The van der Waals surface area contributed by atoms with Gasteiger partial charge in [0.25, 0.3) is 0 Å². The first-order valence-electron chi connectivity index (χ1n) is 6.80. The van der Waals surface area contributed by atoms with Gasteiger partial charge in [0, 0.05) is 11.6 Å². The number of carbonyl (C=O) groups excluding carboxylic acids is 1. The van der Waals surface area contributed by atoms with Gasteiger partial charge in [-0.25, -0.2) is 0 Å². The van der Waals surface area contributed by atoms with E-state index in [0.717, 1.165) is 24.0 Å². The van der Waals surface area contributed by atoms with Crippen molar-refractivity contribution in [2.75, 3.05) is 13.6 Å². The molecular weight excluding hydrogens is 222 g/mol. The zero-order valence-corrected chi connectivity index (χ0v) is 12.3. The van der Waals surface area contributed by atoms with E-state index in [0.29, 0.717) is 12.6 Å². The van der Waals surface area contributed by atoms with E-state index in [-0.39, 0.29) is 5.78 Å². The van der Waals surface area contributed by atoms with E-state index >= 15 is 0 Å². The first kappa shape index (κ1) is 14.9. The van der Waals surface area contributed by atoms with Crippen LogP contribution < -0.4 is 0 Å². The predicted octanol–water partition coefficient (Wildman–Crippen LogP) is 3.61. The number of rotatable bonds is 6. The van der Waals surface area contributed by atoms with E-state index in [1.165, 1.54) is 5.56 Å². The second-order valence-electron chi connectivity index (χ2n) is 5.13. The lowest BCUT2D eigenvalue weighted by Gasteiger charge is -2.25. The zero-order chi connectivity index (χ0) is 13.7. The Morgan fingerprint density at radius 2 is 1.83 bits per heavy atom. The van der Waals surface area contributed by atoms with Crippen molar-refractivity contribution in [1.29, 1.82) is 0 Å². The molecule has 0 atom stereocenters. The van der Waals surface area contributed by atoms with Gasteiger partial charge in [-0.05, 0) is 39.3 Å². The molecule has 2 heteroatoms. The van der Waals surface area contributed by atoms with Crippen LogP contribution >= 0.6 is 0 Å². The zero-order valence-electron chi connectivity index (χ0n) is 12.3. The van der Waals surface area contributed by atoms with Crippen LogP contribution in [-0.2, 0) is 0 Å². The van der Waals surface area contributed by atoms with Crippen LogP contribution in [0.1, 0.15) is 48.2 Å². The molecule has 0 saturated carbocycles. The van der Waals surface area contributed by atoms with Crippen LogP contribution in [0.2, 0.25) is 0 Å². The highest BCUT2D eigenvalue weighted by Gasteiger charge is 2.16. The Hall–Kier alpha value is -1.15. The van der Waals surface area contributed by atoms with Crippen molar-refractivity contribution >= 4 is 5.78 Å². The average Bonchev–Trinajstić information content (AvgIpc) is 2.30. The smallest absolute Gasteiger partial charge is 0.177 e.